The number of nitrogens with two attached hydrogens (primary N) is 1. The second-order valence-corrected chi connectivity index (χ2v) is 10.6. The molecule has 2 fully saturated rings. The molecule has 30 heavy (non-hydrogen) atoms. The van der Waals surface area contributed by atoms with Gasteiger partial charge in [-0.1, -0.05) is 39.5 Å². The number of rotatable bonds is 5. The number of anilines is 1. The zero-order valence-electron chi connectivity index (χ0n) is 17.1. The van der Waals surface area contributed by atoms with E-state index >= 15 is 4.39 Å². The number of halogens is 1. The summed E-state index contributed by atoms with van der Waals surface area (Å²) in [5.41, 5.74) is 2.82. The Hall–Kier alpha value is -1.30. The number of nitrogens with zero attached hydrogens (tertiary/aromatic N) is 2. The molecule has 2 saturated heterocycles. The van der Waals surface area contributed by atoms with Gasteiger partial charge in [0.2, 0.25) is 0 Å². The lowest BCUT2D eigenvalue weighted by Crippen LogP contribution is -2.49. The van der Waals surface area contributed by atoms with Crippen molar-refractivity contribution in [3.63, 3.8) is 0 Å². The predicted octanol–water partition coefficient (Wildman–Crippen LogP) is 2.64. The molecule has 0 aliphatic carbocycles. The maximum Gasteiger partial charge on any atom is 0.476 e. The molecule has 13 heteroatoms. The van der Waals surface area contributed by atoms with Crippen LogP contribution in [0, 0.1) is 5.41 Å². The summed E-state index contributed by atoms with van der Waals surface area (Å²) in [6, 6.07) is 1.34. The van der Waals surface area contributed by atoms with E-state index in [1.807, 2.05) is 0 Å². The van der Waals surface area contributed by atoms with Gasteiger partial charge >= 0.3 is 13.5 Å². The van der Waals surface area contributed by atoms with Crippen molar-refractivity contribution in [1.29, 1.82) is 0 Å². The molecule has 3 heterocycles. The summed E-state index contributed by atoms with van der Waals surface area (Å²) in [4.78, 5) is 27.7. The number of thioether (sulfide) groups is 1. The van der Waals surface area contributed by atoms with Crippen molar-refractivity contribution >= 4 is 30.5 Å². The summed E-state index contributed by atoms with van der Waals surface area (Å²) in [5.74, 6) is -0.283. The highest BCUT2D eigenvalue weighted by molar-refractivity contribution is 8.13. The number of hydrogen-bond acceptors (Lipinski definition) is 10. The average Bonchev–Trinajstić information content (AvgIpc) is 2.94. The molecule has 2 aliphatic rings. The zero-order valence-corrected chi connectivity index (χ0v) is 18.8. The third kappa shape index (κ3) is 4.49. The molecule has 0 saturated carbocycles. The Labute approximate surface area is 177 Å². The molecule has 1 aromatic rings. The second kappa shape index (κ2) is 8.33. The monoisotopic (exact) mass is 465 g/mol. The topological polar surface area (TPSA) is 132 Å². The van der Waals surface area contributed by atoms with Crippen molar-refractivity contribution in [2.75, 3.05) is 18.3 Å². The maximum absolute atomic E-state index is 15.3. The third-order valence-corrected chi connectivity index (χ3v) is 7.54. The fraction of sp³-hybridized carbons (Fsp3) is 0.706. The minimum atomic E-state index is -4.14. The van der Waals surface area contributed by atoms with Gasteiger partial charge in [0.05, 0.1) is 6.61 Å². The fourth-order valence-electron chi connectivity index (χ4n) is 3.09. The van der Waals surface area contributed by atoms with Gasteiger partial charge < -0.3 is 10.5 Å². The first-order valence-electron chi connectivity index (χ1n) is 9.32. The Morgan fingerprint density at radius 1 is 1.53 bits per heavy atom. The summed E-state index contributed by atoms with van der Waals surface area (Å²) < 4.78 is 50.9. The van der Waals surface area contributed by atoms with Crippen LogP contribution in [0.2, 0.25) is 0 Å². The zero-order chi connectivity index (χ0) is 22.3. The number of nitrogen functional groups attached to an aromatic ring is 1. The van der Waals surface area contributed by atoms with E-state index in [0.29, 0.717) is 0 Å². The standard InChI is InChI=1S/C17H25FN3O7PS/c1-5-17-8-25-29(24,26-9-30-14(22)16(2,3)4)28-12(17)11(18)13(27-17)21-7-6-10(19)20-15(21)23/h6-7,11-13H,5,8-9H2,1-4H3,(H2,19,20,23)/t11-,12+,13-,17?,29?/m1/s1. The number of phosphoric ester groups is 1. The summed E-state index contributed by atoms with van der Waals surface area (Å²) >= 11 is 0.823. The first-order chi connectivity index (χ1) is 13.9. The van der Waals surface area contributed by atoms with E-state index in [1.54, 1.807) is 27.7 Å². The van der Waals surface area contributed by atoms with Crippen molar-refractivity contribution in [2.45, 2.75) is 58.2 Å². The van der Waals surface area contributed by atoms with Gasteiger partial charge in [-0.2, -0.15) is 4.98 Å². The van der Waals surface area contributed by atoms with E-state index in [4.69, 9.17) is 24.0 Å². The van der Waals surface area contributed by atoms with E-state index in [2.05, 4.69) is 4.98 Å². The van der Waals surface area contributed by atoms with Crippen molar-refractivity contribution in [3.8, 4) is 0 Å². The van der Waals surface area contributed by atoms with Crippen LogP contribution in [0.25, 0.3) is 0 Å². The molecular formula is C17H25FN3O7PS. The molecule has 0 bridgehead atoms. The van der Waals surface area contributed by atoms with E-state index < -0.39 is 43.0 Å². The van der Waals surface area contributed by atoms with Crippen LogP contribution in [-0.4, -0.2) is 45.1 Å². The highest BCUT2D eigenvalue weighted by Gasteiger charge is 2.62. The van der Waals surface area contributed by atoms with Crippen LogP contribution < -0.4 is 11.4 Å². The van der Waals surface area contributed by atoms with E-state index in [9.17, 15) is 14.2 Å². The highest BCUT2D eigenvalue weighted by Crippen LogP contribution is 2.61. The smallest absolute Gasteiger partial charge is 0.383 e. The van der Waals surface area contributed by atoms with Gasteiger partial charge in [-0.05, 0) is 12.5 Å². The van der Waals surface area contributed by atoms with Gasteiger partial charge in [-0.25, -0.2) is 13.8 Å². The number of aromatic nitrogens is 2. The lowest BCUT2D eigenvalue weighted by molar-refractivity contribution is -0.148. The van der Waals surface area contributed by atoms with Crippen LogP contribution in [0.1, 0.15) is 40.3 Å². The van der Waals surface area contributed by atoms with Crippen molar-refractivity contribution in [2.24, 2.45) is 5.41 Å². The fourth-order valence-corrected chi connectivity index (χ4v) is 5.51. The van der Waals surface area contributed by atoms with Gasteiger partial charge in [0.25, 0.3) is 0 Å². The summed E-state index contributed by atoms with van der Waals surface area (Å²) in [7, 11) is -4.14. The van der Waals surface area contributed by atoms with Crippen LogP contribution in [0.3, 0.4) is 0 Å². The SMILES string of the molecule is CCC12COP(=O)(OCSC(=O)C(C)(C)C)O[C@H]1[C@@H](F)[C@H](n1ccc(N)nc1=O)O2. The first kappa shape index (κ1) is 23.4. The molecule has 0 amide bonds. The van der Waals surface area contributed by atoms with Crippen LogP contribution in [0.4, 0.5) is 10.2 Å². The molecule has 0 spiro atoms. The van der Waals surface area contributed by atoms with E-state index in [1.165, 1.54) is 12.3 Å². The van der Waals surface area contributed by atoms with Crippen molar-refractivity contribution in [3.05, 3.63) is 22.7 Å². The molecular weight excluding hydrogens is 440 g/mol. The summed E-state index contributed by atoms with van der Waals surface area (Å²) in [6.07, 6.45) is -2.97. The van der Waals surface area contributed by atoms with Gasteiger partial charge in [0.15, 0.2) is 17.5 Å². The van der Waals surface area contributed by atoms with Crippen LogP contribution >= 0.6 is 19.6 Å². The minimum absolute atomic E-state index is 0.00735. The number of carbonyl (C=O) groups excluding carboxylic acids is 1. The molecule has 0 radical (unpaired) electrons. The largest absolute Gasteiger partial charge is 0.476 e. The molecule has 2 unspecified atom stereocenters. The van der Waals surface area contributed by atoms with Crippen molar-refractivity contribution in [1.82, 2.24) is 9.55 Å². The average molecular weight is 465 g/mol. The van der Waals surface area contributed by atoms with Gasteiger partial charge in [-0.3, -0.25) is 22.9 Å². The van der Waals surface area contributed by atoms with Crippen LogP contribution in [0.5, 0.6) is 0 Å². The minimum Gasteiger partial charge on any atom is -0.383 e. The summed E-state index contributed by atoms with van der Waals surface area (Å²) in [6.45, 7) is 6.69. The molecule has 168 valence electrons. The van der Waals surface area contributed by atoms with Gasteiger partial charge in [0, 0.05) is 11.6 Å². The second-order valence-electron chi connectivity index (χ2n) is 8.09. The predicted molar refractivity (Wildman–Crippen MR) is 107 cm³/mol. The summed E-state index contributed by atoms with van der Waals surface area (Å²) in [5, 5.41) is -0.170. The molecule has 3 rings (SSSR count). The Kier molecular flexibility index (Phi) is 6.48. The van der Waals surface area contributed by atoms with E-state index in [-0.39, 0.29) is 29.9 Å². The van der Waals surface area contributed by atoms with E-state index in [0.717, 1.165) is 16.3 Å². The normalized spacial score (nSPS) is 34.0. The molecule has 10 nitrogen and oxygen atoms in total. The lowest BCUT2D eigenvalue weighted by Gasteiger charge is -2.39. The third-order valence-electron chi connectivity index (χ3n) is 4.88. The number of phosphoric acid groups is 1. The Morgan fingerprint density at radius 2 is 2.23 bits per heavy atom. The molecule has 0 aromatic carbocycles. The maximum atomic E-state index is 15.3. The molecule has 1 aromatic heterocycles. The Morgan fingerprint density at radius 3 is 2.83 bits per heavy atom. The number of ether oxygens (including phenoxy) is 1. The van der Waals surface area contributed by atoms with Crippen LogP contribution in [-0.2, 0) is 27.7 Å². The van der Waals surface area contributed by atoms with Gasteiger partial charge in [-0.15, -0.1) is 0 Å². The highest BCUT2D eigenvalue weighted by atomic mass is 32.2. The quantitative estimate of drug-likeness (QED) is 0.511. The Bertz CT molecular complexity index is 923. The first-order valence-corrected chi connectivity index (χ1v) is 11.8. The van der Waals surface area contributed by atoms with Crippen LogP contribution in [0.15, 0.2) is 17.1 Å². The number of alkyl halides is 1. The number of hydrogen-bond donors (Lipinski definition) is 1. The number of carbonyl (C=O) groups is 1. The number of fused-ring (bicyclic) bond motifs is 1. The lowest BCUT2D eigenvalue weighted by atomic mass is 9.94. The molecule has 5 atom stereocenters. The molecule has 2 aliphatic heterocycles. The van der Waals surface area contributed by atoms with Crippen molar-refractivity contribution < 1.29 is 32.1 Å². The Balaban J connectivity index is 1.75. The molecule has 2 N–H and O–H groups in total. The van der Waals surface area contributed by atoms with Gasteiger partial charge in [0.1, 0.15) is 23.5 Å².